The maximum absolute atomic E-state index is 4.58. The summed E-state index contributed by atoms with van der Waals surface area (Å²) in [6.07, 6.45) is 2.45. The van der Waals surface area contributed by atoms with Crippen LogP contribution in [0.25, 0.3) is 0 Å². The molecule has 0 bridgehead atoms. The number of nitrogens with zero attached hydrogens (tertiary/aromatic N) is 4. The van der Waals surface area contributed by atoms with Gasteiger partial charge in [-0.25, -0.2) is 0 Å². The quantitative estimate of drug-likeness (QED) is 0.849. The van der Waals surface area contributed by atoms with Gasteiger partial charge in [-0.2, -0.15) is 15.0 Å². The highest BCUT2D eigenvalue weighted by Gasteiger charge is 2.20. The first-order chi connectivity index (χ1) is 8.48. The molecule has 5 nitrogen and oxygen atoms in total. The van der Waals surface area contributed by atoms with E-state index in [-0.39, 0.29) is 4.75 Å². The lowest BCUT2D eigenvalue weighted by molar-refractivity contribution is 0.780. The number of rotatable bonds is 3. The first-order valence-corrected chi connectivity index (χ1v) is 7.17. The standard InChI is InChI=1S/C12H21N5S/c1-12(2,3)18-11-15-9(13-4)14-10(16-11)17-7-5-6-8-17/h5-8H2,1-4H3,(H,13,14,15,16). The average Bonchev–Trinajstić information content (AvgIpc) is 2.79. The summed E-state index contributed by atoms with van der Waals surface area (Å²) in [4.78, 5) is 15.7. The van der Waals surface area contributed by atoms with Gasteiger partial charge in [0.2, 0.25) is 11.9 Å². The highest BCUT2D eigenvalue weighted by Crippen LogP contribution is 2.30. The van der Waals surface area contributed by atoms with Gasteiger partial charge >= 0.3 is 0 Å². The van der Waals surface area contributed by atoms with E-state index in [4.69, 9.17) is 0 Å². The van der Waals surface area contributed by atoms with E-state index in [1.165, 1.54) is 12.8 Å². The van der Waals surface area contributed by atoms with E-state index < -0.39 is 0 Å². The minimum Gasteiger partial charge on any atom is -0.357 e. The summed E-state index contributed by atoms with van der Waals surface area (Å²) in [5.41, 5.74) is 0. The maximum Gasteiger partial charge on any atom is 0.231 e. The van der Waals surface area contributed by atoms with Crippen LogP contribution >= 0.6 is 11.8 Å². The predicted molar refractivity (Wildman–Crippen MR) is 76.4 cm³/mol. The number of hydrogen-bond acceptors (Lipinski definition) is 6. The molecule has 0 unspecified atom stereocenters. The van der Waals surface area contributed by atoms with Crippen molar-refractivity contribution in [3.63, 3.8) is 0 Å². The van der Waals surface area contributed by atoms with E-state index in [1.54, 1.807) is 11.8 Å². The zero-order valence-corrected chi connectivity index (χ0v) is 12.3. The second-order valence-electron chi connectivity index (χ2n) is 5.40. The van der Waals surface area contributed by atoms with Crippen LogP contribution in [0.15, 0.2) is 5.16 Å². The zero-order valence-electron chi connectivity index (χ0n) is 11.5. The van der Waals surface area contributed by atoms with Crippen molar-refractivity contribution in [1.29, 1.82) is 0 Å². The van der Waals surface area contributed by atoms with Crippen molar-refractivity contribution in [3.8, 4) is 0 Å². The lowest BCUT2D eigenvalue weighted by Crippen LogP contribution is -2.22. The Labute approximate surface area is 113 Å². The third-order valence-corrected chi connectivity index (χ3v) is 3.59. The highest BCUT2D eigenvalue weighted by atomic mass is 32.2. The van der Waals surface area contributed by atoms with Gasteiger partial charge < -0.3 is 10.2 Å². The Bertz CT molecular complexity index is 409. The molecular formula is C12H21N5S. The van der Waals surface area contributed by atoms with Crippen molar-refractivity contribution in [2.75, 3.05) is 30.4 Å². The van der Waals surface area contributed by atoms with Gasteiger partial charge in [-0.15, -0.1) is 0 Å². The highest BCUT2D eigenvalue weighted by molar-refractivity contribution is 8.00. The van der Waals surface area contributed by atoms with Crippen LogP contribution in [0, 0.1) is 0 Å². The molecule has 0 radical (unpaired) electrons. The van der Waals surface area contributed by atoms with Crippen LogP contribution in [0.4, 0.5) is 11.9 Å². The molecular weight excluding hydrogens is 246 g/mol. The van der Waals surface area contributed by atoms with Crippen molar-refractivity contribution in [1.82, 2.24) is 15.0 Å². The largest absolute Gasteiger partial charge is 0.357 e. The first-order valence-electron chi connectivity index (χ1n) is 6.36. The van der Waals surface area contributed by atoms with Gasteiger partial charge in [0.1, 0.15) is 0 Å². The maximum atomic E-state index is 4.58. The molecule has 0 aromatic carbocycles. The van der Waals surface area contributed by atoms with E-state index in [9.17, 15) is 0 Å². The van der Waals surface area contributed by atoms with Gasteiger partial charge in [0.05, 0.1) is 0 Å². The molecule has 0 aliphatic carbocycles. The minimum absolute atomic E-state index is 0.106. The van der Waals surface area contributed by atoms with Gasteiger partial charge in [0.25, 0.3) is 0 Å². The van der Waals surface area contributed by atoms with Crippen LogP contribution < -0.4 is 10.2 Å². The number of hydrogen-bond donors (Lipinski definition) is 1. The summed E-state index contributed by atoms with van der Waals surface area (Å²) < 4.78 is 0.106. The lowest BCUT2D eigenvalue weighted by Gasteiger charge is -2.19. The van der Waals surface area contributed by atoms with Gasteiger partial charge in [-0.1, -0.05) is 32.5 Å². The summed E-state index contributed by atoms with van der Waals surface area (Å²) >= 11 is 1.67. The molecule has 0 spiro atoms. The van der Waals surface area contributed by atoms with Crippen LogP contribution in [0.1, 0.15) is 33.6 Å². The smallest absolute Gasteiger partial charge is 0.231 e. The fraction of sp³-hybridized carbons (Fsp3) is 0.750. The monoisotopic (exact) mass is 267 g/mol. The van der Waals surface area contributed by atoms with E-state index in [2.05, 4.69) is 45.9 Å². The Morgan fingerprint density at radius 1 is 1.11 bits per heavy atom. The van der Waals surface area contributed by atoms with Crippen LogP contribution in [0.3, 0.4) is 0 Å². The summed E-state index contributed by atoms with van der Waals surface area (Å²) in [6, 6.07) is 0. The topological polar surface area (TPSA) is 53.9 Å². The van der Waals surface area contributed by atoms with Crippen LogP contribution in [0.2, 0.25) is 0 Å². The van der Waals surface area contributed by atoms with Crippen molar-refractivity contribution in [2.24, 2.45) is 0 Å². The molecule has 1 aliphatic rings. The van der Waals surface area contributed by atoms with Crippen molar-refractivity contribution in [2.45, 2.75) is 43.5 Å². The zero-order chi connectivity index (χ0) is 13.2. The normalized spacial score (nSPS) is 16.1. The van der Waals surface area contributed by atoms with Crippen LogP contribution in [0.5, 0.6) is 0 Å². The van der Waals surface area contributed by atoms with E-state index in [0.29, 0.717) is 5.95 Å². The van der Waals surface area contributed by atoms with Crippen LogP contribution in [-0.2, 0) is 0 Å². The SMILES string of the molecule is CNc1nc(SC(C)(C)C)nc(N2CCCC2)n1. The Morgan fingerprint density at radius 3 is 2.33 bits per heavy atom. The molecule has 18 heavy (non-hydrogen) atoms. The molecule has 6 heteroatoms. The third kappa shape index (κ3) is 3.48. The van der Waals surface area contributed by atoms with E-state index in [1.807, 2.05) is 7.05 Å². The lowest BCUT2D eigenvalue weighted by atomic mass is 10.3. The summed E-state index contributed by atoms with van der Waals surface area (Å²) in [7, 11) is 1.84. The second kappa shape index (κ2) is 5.30. The molecule has 100 valence electrons. The Hall–Kier alpha value is -1.04. The van der Waals surface area contributed by atoms with Gasteiger partial charge in [0, 0.05) is 24.9 Å². The van der Waals surface area contributed by atoms with E-state index in [0.717, 1.165) is 24.2 Å². The molecule has 1 aliphatic heterocycles. The third-order valence-electron chi connectivity index (χ3n) is 2.61. The van der Waals surface area contributed by atoms with E-state index >= 15 is 0 Å². The van der Waals surface area contributed by atoms with Gasteiger partial charge in [-0.3, -0.25) is 0 Å². The Balaban J connectivity index is 2.26. The van der Waals surface area contributed by atoms with Crippen LogP contribution in [-0.4, -0.2) is 39.8 Å². The van der Waals surface area contributed by atoms with Gasteiger partial charge in [0.15, 0.2) is 5.16 Å². The average molecular weight is 267 g/mol. The molecule has 2 heterocycles. The molecule has 1 aromatic heterocycles. The minimum atomic E-state index is 0.106. The summed E-state index contributed by atoms with van der Waals surface area (Å²) in [6.45, 7) is 8.58. The fourth-order valence-corrected chi connectivity index (χ4v) is 2.64. The predicted octanol–water partition coefficient (Wildman–Crippen LogP) is 2.40. The van der Waals surface area contributed by atoms with Crippen molar-refractivity contribution in [3.05, 3.63) is 0 Å². The molecule has 0 amide bonds. The van der Waals surface area contributed by atoms with Crippen molar-refractivity contribution >= 4 is 23.7 Å². The first kappa shape index (κ1) is 13.4. The molecule has 1 aromatic rings. The number of thioether (sulfide) groups is 1. The molecule has 1 saturated heterocycles. The number of aromatic nitrogens is 3. The Kier molecular flexibility index (Phi) is 3.94. The summed E-state index contributed by atoms with van der Waals surface area (Å²) in [5, 5.41) is 3.81. The number of nitrogens with one attached hydrogen (secondary N) is 1. The molecule has 1 N–H and O–H groups in total. The Morgan fingerprint density at radius 2 is 1.78 bits per heavy atom. The molecule has 0 saturated carbocycles. The second-order valence-corrected chi connectivity index (χ2v) is 7.19. The molecule has 1 fully saturated rings. The molecule has 0 atom stereocenters. The number of anilines is 2. The summed E-state index contributed by atoms with van der Waals surface area (Å²) in [5.74, 6) is 1.46. The molecule has 2 rings (SSSR count). The van der Waals surface area contributed by atoms with Gasteiger partial charge in [-0.05, 0) is 12.8 Å². The fourth-order valence-electron chi connectivity index (χ4n) is 1.84. The van der Waals surface area contributed by atoms with Crippen molar-refractivity contribution < 1.29 is 0 Å².